The number of carbonyl (C=O) groups is 3. The third-order valence-electron chi connectivity index (χ3n) is 5.67. The number of fused-ring (bicyclic) bond motifs is 1. The summed E-state index contributed by atoms with van der Waals surface area (Å²) < 4.78 is 0. The quantitative estimate of drug-likeness (QED) is 0.721. The lowest BCUT2D eigenvalue weighted by Crippen LogP contribution is -2.49. The van der Waals surface area contributed by atoms with E-state index in [-0.39, 0.29) is 37.0 Å². The molecule has 7 heteroatoms. The topological polar surface area (TPSA) is 81.8 Å². The highest BCUT2D eigenvalue weighted by atomic mass is 16.2. The van der Waals surface area contributed by atoms with Crippen molar-refractivity contribution in [3.63, 3.8) is 0 Å². The number of hydrogen-bond acceptors (Lipinski definition) is 4. The average molecular weight is 406 g/mol. The van der Waals surface area contributed by atoms with Gasteiger partial charge in [-0.05, 0) is 30.5 Å². The molecule has 0 aliphatic carbocycles. The van der Waals surface area contributed by atoms with E-state index in [0.29, 0.717) is 11.1 Å². The molecule has 156 valence electrons. The molecule has 2 heterocycles. The van der Waals surface area contributed by atoms with Gasteiger partial charge in [-0.3, -0.25) is 19.4 Å². The third kappa shape index (κ3) is 4.52. The monoisotopic (exact) mass is 406 g/mol. The molecule has 0 atom stereocenters. The number of benzene rings is 2. The van der Waals surface area contributed by atoms with Gasteiger partial charge in [-0.1, -0.05) is 42.5 Å². The van der Waals surface area contributed by atoms with E-state index >= 15 is 0 Å². The lowest BCUT2D eigenvalue weighted by Gasteiger charge is -2.32. The van der Waals surface area contributed by atoms with Crippen LogP contribution in [0.5, 0.6) is 0 Å². The number of urea groups is 1. The van der Waals surface area contributed by atoms with Crippen LogP contribution in [0.3, 0.4) is 0 Å². The van der Waals surface area contributed by atoms with Crippen molar-refractivity contribution in [3.8, 4) is 0 Å². The fraction of sp³-hybridized carbons (Fsp3) is 0.348. The molecule has 0 bridgehead atoms. The molecule has 4 amide bonds. The summed E-state index contributed by atoms with van der Waals surface area (Å²) in [6.07, 6.45) is 1.80. The van der Waals surface area contributed by atoms with Crippen LogP contribution >= 0.6 is 0 Å². The van der Waals surface area contributed by atoms with Crippen LogP contribution in [0, 0.1) is 0 Å². The molecule has 2 aliphatic heterocycles. The molecule has 0 saturated carbocycles. The maximum atomic E-state index is 12.3. The van der Waals surface area contributed by atoms with Crippen molar-refractivity contribution in [2.24, 2.45) is 0 Å². The van der Waals surface area contributed by atoms with Crippen molar-refractivity contribution in [3.05, 3.63) is 71.3 Å². The maximum Gasteiger partial charge on any atom is 0.315 e. The van der Waals surface area contributed by atoms with Crippen molar-refractivity contribution in [1.29, 1.82) is 0 Å². The molecular formula is C23H26N4O3. The zero-order valence-corrected chi connectivity index (χ0v) is 16.8. The van der Waals surface area contributed by atoms with Crippen molar-refractivity contribution in [2.75, 3.05) is 26.2 Å². The Kier molecular flexibility index (Phi) is 6.09. The zero-order valence-electron chi connectivity index (χ0n) is 16.8. The Hall–Kier alpha value is -3.19. The van der Waals surface area contributed by atoms with Crippen molar-refractivity contribution < 1.29 is 14.4 Å². The summed E-state index contributed by atoms with van der Waals surface area (Å²) >= 11 is 0. The normalized spacial score (nSPS) is 17.1. The summed E-state index contributed by atoms with van der Waals surface area (Å²) in [6, 6.07) is 17.1. The van der Waals surface area contributed by atoms with Gasteiger partial charge in [0.15, 0.2) is 0 Å². The van der Waals surface area contributed by atoms with Crippen LogP contribution in [0.25, 0.3) is 0 Å². The van der Waals surface area contributed by atoms with E-state index in [4.69, 9.17) is 0 Å². The summed E-state index contributed by atoms with van der Waals surface area (Å²) in [6.45, 7) is 3.20. The Labute approximate surface area is 176 Å². The number of amides is 4. The number of likely N-dealkylation sites (tertiary alicyclic amines) is 1. The molecule has 0 radical (unpaired) electrons. The zero-order chi connectivity index (χ0) is 20.9. The van der Waals surface area contributed by atoms with Crippen LogP contribution < -0.4 is 10.6 Å². The van der Waals surface area contributed by atoms with E-state index in [1.54, 1.807) is 24.3 Å². The first-order valence-corrected chi connectivity index (χ1v) is 10.4. The first-order chi connectivity index (χ1) is 14.6. The fourth-order valence-corrected chi connectivity index (χ4v) is 4.04. The lowest BCUT2D eigenvalue weighted by molar-refractivity contribution is 0.0655. The second kappa shape index (κ2) is 9.09. The number of hydrogen-bond donors (Lipinski definition) is 2. The fourth-order valence-electron chi connectivity index (χ4n) is 4.04. The van der Waals surface area contributed by atoms with Gasteiger partial charge < -0.3 is 10.6 Å². The molecule has 2 aromatic carbocycles. The van der Waals surface area contributed by atoms with Crippen molar-refractivity contribution >= 4 is 17.8 Å². The maximum absolute atomic E-state index is 12.3. The van der Waals surface area contributed by atoms with Crippen LogP contribution in [0.15, 0.2) is 54.6 Å². The van der Waals surface area contributed by atoms with Crippen LogP contribution in [-0.2, 0) is 6.54 Å². The highest BCUT2D eigenvalue weighted by molar-refractivity contribution is 6.21. The minimum atomic E-state index is -0.302. The van der Waals surface area contributed by atoms with E-state index in [2.05, 4.69) is 39.8 Å². The molecule has 1 fully saturated rings. The van der Waals surface area contributed by atoms with Gasteiger partial charge in [-0.25, -0.2) is 4.79 Å². The Bertz CT molecular complexity index is 888. The molecule has 1 saturated heterocycles. The van der Waals surface area contributed by atoms with Gasteiger partial charge >= 0.3 is 6.03 Å². The molecule has 4 rings (SSSR count). The van der Waals surface area contributed by atoms with Crippen molar-refractivity contribution in [2.45, 2.75) is 25.4 Å². The Morgan fingerprint density at radius 2 is 1.50 bits per heavy atom. The summed E-state index contributed by atoms with van der Waals surface area (Å²) in [4.78, 5) is 40.5. The number of carbonyl (C=O) groups excluding carboxylic acids is 3. The Morgan fingerprint density at radius 3 is 2.13 bits per heavy atom. The summed E-state index contributed by atoms with van der Waals surface area (Å²) in [7, 11) is 0. The summed E-state index contributed by atoms with van der Waals surface area (Å²) in [5.41, 5.74) is 2.15. The van der Waals surface area contributed by atoms with Gasteiger partial charge in [0.1, 0.15) is 0 Å². The third-order valence-corrected chi connectivity index (χ3v) is 5.67. The smallest absolute Gasteiger partial charge is 0.315 e. The highest BCUT2D eigenvalue weighted by Crippen LogP contribution is 2.21. The van der Waals surface area contributed by atoms with Gasteiger partial charge in [0.25, 0.3) is 11.8 Å². The Balaban J connectivity index is 1.17. The van der Waals surface area contributed by atoms with Crippen LogP contribution in [0.2, 0.25) is 0 Å². The molecule has 2 aromatic rings. The number of nitrogens with one attached hydrogen (secondary N) is 2. The van der Waals surface area contributed by atoms with E-state index in [1.165, 1.54) is 10.5 Å². The number of imide groups is 1. The van der Waals surface area contributed by atoms with E-state index in [0.717, 1.165) is 32.5 Å². The standard InChI is InChI=1S/C23H26N4O3/c28-21-19-8-4-5-9-20(19)22(29)27(21)15-12-24-23(30)25-18-10-13-26(14-11-18)16-17-6-2-1-3-7-17/h1-9,18H,10-16H2,(H2,24,25,30). The minimum Gasteiger partial charge on any atom is -0.336 e. The summed E-state index contributed by atoms with van der Waals surface area (Å²) in [5.74, 6) is -0.604. The lowest BCUT2D eigenvalue weighted by atomic mass is 10.0. The highest BCUT2D eigenvalue weighted by Gasteiger charge is 2.34. The van der Waals surface area contributed by atoms with Crippen LogP contribution in [0.1, 0.15) is 39.1 Å². The average Bonchev–Trinajstić information content (AvgIpc) is 3.01. The molecular weight excluding hydrogens is 380 g/mol. The van der Waals surface area contributed by atoms with Crippen LogP contribution in [0.4, 0.5) is 4.79 Å². The van der Waals surface area contributed by atoms with Crippen LogP contribution in [-0.4, -0.2) is 59.9 Å². The number of nitrogens with zero attached hydrogens (tertiary/aromatic N) is 2. The van der Waals surface area contributed by atoms with Gasteiger partial charge in [-0.15, -0.1) is 0 Å². The second-order valence-corrected chi connectivity index (χ2v) is 7.74. The molecule has 2 aliphatic rings. The van der Waals surface area contributed by atoms with Gasteiger partial charge in [-0.2, -0.15) is 0 Å². The van der Waals surface area contributed by atoms with Gasteiger partial charge in [0.05, 0.1) is 11.1 Å². The number of piperidine rings is 1. The molecule has 0 aromatic heterocycles. The minimum absolute atomic E-state index is 0.135. The first-order valence-electron chi connectivity index (χ1n) is 10.4. The van der Waals surface area contributed by atoms with Gasteiger partial charge in [0.2, 0.25) is 0 Å². The summed E-state index contributed by atoms with van der Waals surface area (Å²) in [5, 5.41) is 5.77. The molecule has 0 spiro atoms. The largest absolute Gasteiger partial charge is 0.336 e. The SMILES string of the molecule is O=C(NCCN1C(=O)c2ccccc2C1=O)NC1CCN(Cc2ccccc2)CC1. The molecule has 7 nitrogen and oxygen atoms in total. The predicted molar refractivity (Wildman–Crippen MR) is 113 cm³/mol. The van der Waals surface area contributed by atoms with E-state index < -0.39 is 0 Å². The molecule has 2 N–H and O–H groups in total. The molecule has 30 heavy (non-hydrogen) atoms. The number of rotatable bonds is 6. The Morgan fingerprint density at radius 1 is 0.900 bits per heavy atom. The van der Waals surface area contributed by atoms with Crippen molar-refractivity contribution in [1.82, 2.24) is 20.4 Å². The second-order valence-electron chi connectivity index (χ2n) is 7.74. The van der Waals surface area contributed by atoms with Gasteiger partial charge in [0, 0.05) is 38.8 Å². The first kappa shape index (κ1) is 20.1. The van der Waals surface area contributed by atoms with E-state index in [9.17, 15) is 14.4 Å². The molecule has 0 unspecified atom stereocenters. The van der Waals surface area contributed by atoms with E-state index in [1.807, 2.05) is 6.07 Å². The predicted octanol–water partition coefficient (Wildman–Crippen LogP) is 2.25.